The molecule has 9 heteroatoms. The lowest BCUT2D eigenvalue weighted by atomic mass is 9.97. The number of hydrogen-bond donors (Lipinski definition) is 2. The van der Waals surface area contributed by atoms with E-state index in [1.54, 1.807) is 0 Å². The van der Waals surface area contributed by atoms with Crippen LogP contribution in [0.25, 0.3) is 0 Å². The third-order valence-corrected chi connectivity index (χ3v) is 5.09. The summed E-state index contributed by atoms with van der Waals surface area (Å²) in [5, 5.41) is 6.57. The van der Waals surface area contributed by atoms with Crippen LogP contribution in [0.15, 0.2) is 4.99 Å². The zero-order valence-corrected chi connectivity index (χ0v) is 19.7. The Morgan fingerprint density at radius 3 is 2.54 bits per heavy atom. The van der Waals surface area contributed by atoms with Crippen molar-refractivity contribution in [2.45, 2.75) is 52.3 Å². The van der Waals surface area contributed by atoms with E-state index in [2.05, 4.69) is 29.4 Å². The van der Waals surface area contributed by atoms with Crippen molar-refractivity contribution in [3.63, 3.8) is 0 Å². The number of likely N-dealkylation sites (tertiary alicyclic amines) is 2. The summed E-state index contributed by atoms with van der Waals surface area (Å²) in [5.74, 6) is 1.96. The van der Waals surface area contributed by atoms with E-state index < -0.39 is 12.7 Å². The molecule has 2 unspecified atom stereocenters. The number of aliphatic imine (C=N–C) groups is 1. The van der Waals surface area contributed by atoms with Gasteiger partial charge in [0.05, 0.1) is 6.54 Å². The Hall–Kier alpha value is -0.290. The van der Waals surface area contributed by atoms with Gasteiger partial charge in [-0.15, -0.1) is 24.0 Å². The normalized spacial score (nSPS) is 25.0. The van der Waals surface area contributed by atoms with Crippen molar-refractivity contribution in [2.24, 2.45) is 16.8 Å². The molecule has 0 aromatic rings. The molecule has 0 aromatic heterocycles. The molecule has 0 aromatic carbocycles. The average Bonchev–Trinajstić information content (AvgIpc) is 2.97. The molecule has 0 aliphatic carbocycles. The van der Waals surface area contributed by atoms with Gasteiger partial charge in [0, 0.05) is 45.3 Å². The Balaban J connectivity index is 0.00000392. The molecule has 2 aliphatic rings. The van der Waals surface area contributed by atoms with Crippen molar-refractivity contribution < 1.29 is 13.2 Å². The number of piperidine rings is 1. The lowest BCUT2D eigenvalue weighted by Gasteiger charge is -2.33. The Kier molecular flexibility index (Phi) is 11.4. The van der Waals surface area contributed by atoms with E-state index in [9.17, 15) is 13.2 Å². The zero-order chi connectivity index (χ0) is 19.9. The predicted molar refractivity (Wildman–Crippen MR) is 119 cm³/mol. The molecule has 5 nitrogen and oxygen atoms in total. The molecule has 2 atom stereocenters. The minimum Gasteiger partial charge on any atom is -0.357 e. The molecule has 2 saturated heterocycles. The summed E-state index contributed by atoms with van der Waals surface area (Å²) in [4.78, 5) is 8.73. The van der Waals surface area contributed by atoms with Crippen molar-refractivity contribution in [1.29, 1.82) is 0 Å². The molecule has 28 heavy (non-hydrogen) atoms. The van der Waals surface area contributed by atoms with Crippen molar-refractivity contribution in [3.8, 4) is 0 Å². The van der Waals surface area contributed by atoms with Crippen LogP contribution in [0.2, 0.25) is 0 Å². The molecule has 0 amide bonds. The van der Waals surface area contributed by atoms with Gasteiger partial charge in [-0.1, -0.05) is 13.8 Å². The van der Waals surface area contributed by atoms with Crippen molar-refractivity contribution in [1.82, 2.24) is 20.4 Å². The number of hydrogen-bond acceptors (Lipinski definition) is 3. The summed E-state index contributed by atoms with van der Waals surface area (Å²) in [6.45, 7) is 11.5. The van der Waals surface area contributed by atoms with E-state index in [1.807, 2.05) is 6.92 Å². The van der Waals surface area contributed by atoms with Crippen LogP contribution in [0, 0.1) is 11.8 Å². The zero-order valence-electron chi connectivity index (χ0n) is 17.4. The summed E-state index contributed by atoms with van der Waals surface area (Å²) >= 11 is 0. The second kappa shape index (κ2) is 12.4. The quantitative estimate of drug-likeness (QED) is 0.308. The largest absolute Gasteiger partial charge is 0.401 e. The van der Waals surface area contributed by atoms with Crippen molar-refractivity contribution >= 4 is 29.9 Å². The predicted octanol–water partition coefficient (Wildman–Crippen LogP) is 3.16. The second-order valence-electron chi connectivity index (χ2n) is 8.36. The maximum absolute atomic E-state index is 12.6. The molecule has 2 fully saturated rings. The molecular formula is C19H37F3IN5. The van der Waals surface area contributed by atoms with E-state index in [1.165, 1.54) is 24.3 Å². The third kappa shape index (κ3) is 9.96. The van der Waals surface area contributed by atoms with Gasteiger partial charge in [0.1, 0.15) is 0 Å². The van der Waals surface area contributed by atoms with Gasteiger partial charge in [0.25, 0.3) is 0 Å². The van der Waals surface area contributed by atoms with Gasteiger partial charge >= 0.3 is 6.18 Å². The van der Waals surface area contributed by atoms with Gasteiger partial charge in [-0.05, 0) is 44.6 Å². The smallest absolute Gasteiger partial charge is 0.357 e. The van der Waals surface area contributed by atoms with Gasteiger partial charge in [-0.3, -0.25) is 9.89 Å². The van der Waals surface area contributed by atoms with E-state index in [0.29, 0.717) is 31.3 Å². The van der Waals surface area contributed by atoms with Crippen LogP contribution in [0.1, 0.15) is 40.0 Å². The molecule has 0 bridgehead atoms. The summed E-state index contributed by atoms with van der Waals surface area (Å²) in [5.41, 5.74) is 0. The molecule has 0 saturated carbocycles. The van der Waals surface area contributed by atoms with Crippen LogP contribution in [0.5, 0.6) is 0 Å². The summed E-state index contributed by atoms with van der Waals surface area (Å²) in [7, 11) is 0. The first-order valence-corrected chi connectivity index (χ1v) is 10.3. The number of alkyl halides is 3. The van der Waals surface area contributed by atoms with Crippen LogP contribution in [-0.2, 0) is 0 Å². The maximum atomic E-state index is 12.6. The summed E-state index contributed by atoms with van der Waals surface area (Å²) in [6.07, 6.45) is -1.01. The van der Waals surface area contributed by atoms with E-state index in [-0.39, 0.29) is 30.0 Å². The van der Waals surface area contributed by atoms with Gasteiger partial charge in [-0.2, -0.15) is 13.2 Å². The Bertz CT molecular complexity index is 473. The molecule has 2 rings (SSSR count). The Morgan fingerprint density at radius 2 is 1.89 bits per heavy atom. The fourth-order valence-electron chi connectivity index (χ4n) is 4.06. The van der Waals surface area contributed by atoms with Gasteiger partial charge in [0.2, 0.25) is 0 Å². The van der Waals surface area contributed by atoms with Gasteiger partial charge in [-0.25, -0.2) is 0 Å². The highest BCUT2D eigenvalue weighted by atomic mass is 127. The number of rotatable bonds is 7. The Morgan fingerprint density at radius 1 is 1.14 bits per heavy atom. The van der Waals surface area contributed by atoms with Crippen LogP contribution < -0.4 is 10.6 Å². The molecule has 2 N–H and O–H groups in total. The highest BCUT2D eigenvalue weighted by molar-refractivity contribution is 14.0. The number of guanidine groups is 1. The SMILES string of the molecule is CCNC(=NCC1CCCN(CC(C)C)C1)NC1CCN(CC(F)(F)F)C1.I. The highest BCUT2D eigenvalue weighted by Crippen LogP contribution is 2.20. The second-order valence-corrected chi connectivity index (χ2v) is 8.36. The topological polar surface area (TPSA) is 42.9 Å². The minimum absolute atomic E-state index is 0. The lowest BCUT2D eigenvalue weighted by Crippen LogP contribution is -2.45. The standard InChI is InChI=1S/C19H36F3N5.HI/c1-4-23-18(25-17-7-9-27(13-17)14-19(20,21)22)24-10-16-6-5-8-26(12-16)11-15(2)3;/h15-17H,4-14H2,1-3H3,(H2,23,24,25);1H. The molecule has 166 valence electrons. The van der Waals surface area contributed by atoms with Crippen LogP contribution in [0.3, 0.4) is 0 Å². The van der Waals surface area contributed by atoms with Crippen molar-refractivity contribution in [2.75, 3.05) is 52.4 Å². The number of halogens is 4. The first-order chi connectivity index (χ1) is 12.7. The molecule has 0 spiro atoms. The summed E-state index contributed by atoms with van der Waals surface area (Å²) in [6, 6.07) is 0.0222. The first kappa shape index (κ1) is 25.7. The fraction of sp³-hybridized carbons (Fsp3) is 0.947. The molecular weight excluding hydrogens is 482 g/mol. The minimum atomic E-state index is -4.13. The van der Waals surface area contributed by atoms with E-state index in [4.69, 9.17) is 4.99 Å². The Labute approximate surface area is 184 Å². The first-order valence-electron chi connectivity index (χ1n) is 10.3. The number of nitrogens with zero attached hydrogens (tertiary/aromatic N) is 3. The average molecular weight is 519 g/mol. The molecule has 2 heterocycles. The molecule has 0 radical (unpaired) electrons. The van der Waals surface area contributed by atoms with Gasteiger partial charge < -0.3 is 15.5 Å². The van der Waals surface area contributed by atoms with Crippen LogP contribution >= 0.6 is 24.0 Å². The van der Waals surface area contributed by atoms with Crippen LogP contribution in [-0.4, -0.2) is 80.3 Å². The van der Waals surface area contributed by atoms with Gasteiger partial charge in [0.15, 0.2) is 5.96 Å². The summed E-state index contributed by atoms with van der Waals surface area (Å²) < 4.78 is 37.7. The fourth-order valence-corrected chi connectivity index (χ4v) is 4.06. The number of nitrogens with one attached hydrogen (secondary N) is 2. The third-order valence-electron chi connectivity index (χ3n) is 5.09. The highest BCUT2D eigenvalue weighted by Gasteiger charge is 2.34. The van der Waals surface area contributed by atoms with E-state index in [0.717, 1.165) is 32.1 Å². The monoisotopic (exact) mass is 519 g/mol. The lowest BCUT2D eigenvalue weighted by molar-refractivity contribution is -0.143. The maximum Gasteiger partial charge on any atom is 0.401 e. The van der Waals surface area contributed by atoms with Crippen molar-refractivity contribution in [3.05, 3.63) is 0 Å². The van der Waals surface area contributed by atoms with E-state index >= 15 is 0 Å². The van der Waals surface area contributed by atoms with Crippen LogP contribution in [0.4, 0.5) is 13.2 Å². The molecule has 2 aliphatic heterocycles.